The summed E-state index contributed by atoms with van der Waals surface area (Å²) in [5, 5.41) is 11.1. The number of hydrogen-bond acceptors (Lipinski definition) is 2. The highest BCUT2D eigenvalue weighted by Gasteiger charge is 2.14. The minimum absolute atomic E-state index is 0.245. The molecule has 0 aliphatic carbocycles. The van der Waals surface area contributed by atoms with Crippen LogP contribution in [0.2, 0.25) is 0 Å². The van der Waals surface area contributed by atoms with Gasteiger partial charge < -0.3 is 0 Å². The highest BCUT2D eigenvalue weighted by Crippen LogP contribution is 2.17. The van der Waals surface area contributed by atoms with Crippen molar-refractivity contribution in [3.8, 4) is 0 Å². The summed E-state index contributed by atoms with van der Waals surface area (Å²) in [4.78, 5) is 10.8. The van der Waals surface area contributed by atoms with E-state index in [1.165, 1.54) is 0 Å². The van der Waals surface area contributed by atoms with E-state index in [1.807, 2.05) is 37.3 Å². The van der Waals surface area contributed by atoms with E-state index in [9.17, 15) is 10.1 Å². The minimum atomic E-state index is -0.260. The topological polar surface area (TPSA) is 43.1 Å². The Bertz CT molecular complexity index is 410. The first-order valence-electron chi connectivity index (χ1n) is 6.38. The lowest BCUT2D eigenvalue weighted by Crippen LogP contribution is -2.06. The minimum Gasteiger partial charge on any atom is -0.259 e. The maximum Gasteiger partial charge on any atom is 0.246 e. The van der Waals surface area contributed by atoms with Crippen LogP contribution in [0, 0.1) is 22.0 Å². The lowest BCUT2D eigenvalue weighted by atomic mass is 9.97. The Kier molecular flexibility index (Phi) is 5.56. The van der Waals surface area contributed by atoms with Gasteiger partial charge in [-0.05, 0) is 29.9 Å². The molecule has 0 aliphatic heterocycles. The van der Waals surface area contributed by atoms with Gasteiger partial charge in [0, 0.05) is 0 Å². The molecule has 98 valence electrons. The zero-order valence-electron chi connectivity index (χ0n) is 11.3. The summed E-state index contributed by atoms with van der Waals surface area (Å²) in [6, 6.07) is 9.57. The van der Waals surface area contributed by atoms with Crippen LogP contribution < -0.4 is 0 Å². The molecule has 0 radical (unpaired) electrons. The Morgan fingerprint density at radius 2 is 1.89 bits per heavy atom. The Morgan fingerprint density at radius 1 is 1.28 bits per heavy atom. The zero-order valence-corrected chi connectivity index (χ0v) is 11.3. The van der Waals surface area contributed by atoms with Crippen LogP contribution in [-0.4, -0.2) is 4.92 Å². The van der Waals surface area contributed by atoms with Gasteiger partial charge in [-0.3, -0.25) is 10.1 Å². The molecule has 1 aromatic rings. The Labute approximate surface area is 109 Å². The maximum absolute atomic E-state index is 11.1. The van der Waals surface area contributed by atoms with Gasteiger partial charge in [-0.1, -0.05) is 51.1 Å². The van der Waals surface area contributed by atoms with Crippen LogP contribution in [-0.2, 0) is 6.42 Å². The van der Waals surface area contributed by atoms with Gasteiger partial charge >= 0.3 is 0 Å². The fourth-order valence-corrected chi connectivity index (χ4v) is 2.13. The summed E-state index contributed by atoms with van der Waals surface area (Å²) < 4.78 is 0. The molecule has 0 amide bonds. The molecule has 0 aromatic heterocycles. The van der Waals surface area contributed by atoms with E-state index in [1.54, 1.807) is 6.08 Å². The number of nitro groups is 1. The SMILES string of the molecule is CC(C)CC(C)/C=C(/Cc1ccccc1)[N+](=O)[O-]. The molecule has 0 spiro atoms. The largest absolute Gasteiger partial charge is 0.259 e. The van der Waals surface area contributed by atoms with Crippen LogP contribution in [0.15, 0.2) is 42.1 Å². The number of nitrogens with zero attached hydrogens (tertiary/aromatic N) is 1. The smallest absolute Gasteiger partial charge is 0.246 e. The summed E-state index contributed by atoms with van der Waals surface area (Å²) in [6.45, 7) is 6.30. The Morgan fingerprint density at radius 3 is 2.39 bits per heavy atom. The normalized spacial score (nSPS) is 13.7. The van der Waals surface area contributed by atoms with Gasteiger partial charge in [-0.25, -0.2) is 0 Å². The van der Waals surface area contributed by atoms with E-state index >= 15 is 0 Å². The first kappa shape index (κ1) is 14.4. The molecule has 1 unspecified atom stereocenters. The summed E-state index contributed by atoms with van der Waals surface area (Å²) >= 11 is 0. The molecule has 0 saturated heterocycles. The van der Waals surface area contributed by atoms with Crippen molar-refractivity contribution in [3.63, 3.8) is 0 Å². The molecule has 1 rings (SSSR count). The van der Waals surface area contributed by atoms with Crippen LogP contribution in [0.1, 0.15) is 32.8 Å². The van der Waals surface area contributed by atoms with Gasteiger partial charge in [0.25, 0.3) is 0 Å². The Hall–Kier alpha value is -1.64. The molecule has 0 heterocycles. The Balaban J connectivity index is 2.77. The highest BCUT2D eigenvalue weighted by molar-refractivity contribution is 5.19. The van der Waals surface area contributed by atoms with Crippen LogP contribution in [0.4, 0.5) is 0 Å². The second-order valence-electron chi connectivity index (χ2n) is 5.18. The molecular weight excluding hydrogens is 226 g/mol. The van der Waals surface area contributed by atoms with Crippen molar-refractivity contribution in [3.05, 3.63) is 57.8 Å². The van der Waals surface area contributed by atoms with Gasteiger partial charge in [0.15, 0.2) is 0 Å². The molecule has 0 aliphatic rings. The fraction of sp³-hybridized carbons (Fsp3) is 0.467. The third-order valence-electron chi connectivity index (χ3n) is 2.78. The predicted octanol–water partition coefficient (Wildman–Crippen LogP) is 4.07. The van der Waals surface area contributed by atoms with Crippen LogP contribution in [0.25, 0.3) is 0 Å². The zero-order chi connectivity index (χ0) is 13.5. The molecule has 1 atom stereocenters. The highest BCUT2D eigenvalue weighted by atomic mass is 16.6. The van der Waals surface area contributed by atoms with Gasteiger partial charge in [0.05, 0.1) is 11.3 Å². The molecule has 0 N–H and O–H groups in total. The van der Waals surface area contributed by atoms with Crippen LogP contribution in [0.5, 0.6) is 0 Å². The summed E-state index contributed by atoms with van der Waals surface area (Å²) in [6.07, 6.45) is 3.18. The van der Waals surface area contributed by atoms with E-state index in [0.717, 1.165) is 12.0 Å². The van der Waals surface area contributed by atoms with Gasteiger partial charge in [0.1, 0.15) is 0 Å². The molecule has 18 heavy (non-hydrogen) atoms. The quantitative estimate of drug-likeness (QED) is 0.561. The van der Waals surface area contributed by atoms with Gasteiger partial charge in [0.2, 0.25) is 5.70 Å². The van der Waals surface area contributed by atoms with E-state index in [-0.39, 0.29) is 10.8 Å². The molecule has 0 bridgehead atoms. The summed E-state index contributed by atoms with van der Waals surface area (Å²) in [5.41, 5.74) is 1.28. The lowest BCUT2D eigenvalue weighted by Gasteiger charge is -2.09. The first-order valence-corrected chi connectivity index (χ1v) is 6.38. The average molecular weight is 247 g/mol. The van der Waals surface area contributed by atoms with E-state index in [2.05, 4.69) is 13.8 Å². The first-order chi connectivity index (χ1) is 8.49. The summed E-state index contributed by atoms with van der Waals surface area (Å²) in [7, 11) is 0. The second-order valence-corrected chi connectivity index (χ2v) is 5.18. The molecule has 1 aromatic carbocycles. The van der Waals surface area contributed by atoms with E-state index in [4.69, 9.17) is 0 Å². The molecule has 3 nitrogen and oxygen atoms in total. The third-order valence-corrected chi connectivity index (χ3v) is 2.78. The summed E-state index contributed by atoms with van der Waals surface area (Å²) in [5.74, 6) is 0.801. The van der Waals surface area contributed by atoms with Crippen molar-refractivity contribution in [1.29, 1.82) is 0 Å². The molecule has 0 fully saturated rings. The molecular formula is C15H21NO2. The average Bonchev–Trinajstić information content (AvgIpc) is 2.28. The van der Waals surface area contributed by atoms with E-state index < -0.39 is 0 Å². The number of allylic oxidation sites excluding steroid dienone is 2. The van der Waals surface area contributed by atoms with E-state index in [0.29, 0.717) is 18.0 Å². The van der Waals surface area contributed by atoms with Crippen molar-refractivity contribution in [2.45, 2.75) is 33.6 Å². The lowest BCUT2D eigenvalue weighted by molar-refractivity contribution is -0.427. The fourth-order valence-electron chi connectivity index (χ4n) is 2.13. The van der Waals surface area contributed by atoms with Crippen molar-refractivity contribution in [2.75, 3.05) is 0 Å². The predicted molar refractivity (Wildman–Crippen MR) is 73.8 cm³/mol. The van der Waals surface area contributed by atoms with Crippen molar-refractivity contribution < 1.29 is 4.92 Å². The molecule has 3 heteroatoms. The monoisotopic (exact) mass is 247 g/mol. The van der Waals surface area contributed by atoms with Gasteiger partial charge in [-0.15, -0.1) is 0 Å². The number of rotatable bonds is 6. The molecule has 0 saturated carbocycles. The van der Waals surface area contributed by atoms with Crippen LogP contribution >= 0.6 is 0 Å². The van der Waals surface area contributed by atoms with Crippen molar-refractivity contribution in [2.24, 2.45) is 11.8 Å². The van der Waals surface area contributed by atoms with Crippen molar-refractivity contribution >= 4 is 0 Å². The third kappa shape index (κ3) is 5.13. The van der Waals surface area contributed by atoms with Crippen molar-refractivity contribution in [1.82, 2.24) is 0 Å². The maximum atomic E-state index is 11.1. The number of benzene rings is 1. The number of hydrogen-bond donors (Lipinski definition) is 0. The van der Waals surface area contributed by atoms with Crippen LogP contribution in [0.3, 0.4) is 0 Å². The van der Waals surface area contributed by atoms with Gasteiger partial charge in [-0.2, -0.15) is 0 Å². The standard InChI is InChI=1S/C15H21NO2/c1-12(2)9-13(3)10-15(16(17)18)11-14-7-5-4-6-8-14/h4-8,10,12-13H,9,11H2,1-3H3/b15-10-. The second kappa shape index (κ2) is 6.94.